The number of aryl methyl sites for hydroxylation is 1. The second kappa shape index (κ2) is 6.10. The number of aromatic nitrogens is 2. The first kappa shape index (κ1) is 13.8. The van der Waals surface area contributed by atoms with E-state index in [-0.39, 0.29) is 0 Å². The van der Waals surface area contributed by atoms with Gasteiger partial charge in [0.15, 0.2) is 0 Å². The number of nitrogens with one attached hydrogen (secondary N) is 1. The van der Waals surface area contributed by atoms with E-state index in [1.165, 1.54) is 29.8 Å². The molecular formula is C16H23N3S. The smallest absolute Gasteiger partial charge is 0.113 e. The van der Waals surface area contributed by atoms with Gasteiger partial charge in [0.2, 0.25) is 0 Å². The molecule has 1 saturated carbocycles. The highest BCUT2D eigenvalue weighted by Crippen LogP contribution is 2.41. The molecule has 1 atom stereocenters. The van der Waals surface area contributed by atoms with E-state index >= 15 is 0 Å². The molecule has 0 saturated heterocycles. The van der Waals surface area contributed by atoms with Crippen molar-refractivity contribution < 1.29 is 0 Å². The van der Waals surface area contributed by atoms with E-state index < -0.39 is 0 Å². The van der Waals surface area contributed by atoms with Crippen molar-refractivity contribution in [1.29, 1.82) is 0 Å². The molecule has 2 aromatic rings. The number of hydrogen-bond donors (Lipinski definition) is 1. The van der Waals surface area contributed by atoms with Gasteiger partial charge in [-0.05, 0) is 50.3 Å². The van der Waals surface area contributed by atoms with Crippen LogP contribution in [0.4, 0.5) is 0 Å². The molecule has 2 aromatic heterocycles. The molecule has 108 valence electrons. The molecule has 1 fully saturated rings. The van der Waals surface area contributed by atoms with Crippen LogP contribution in [0.1, 0.15) is 48.5 Å². The molecule has 1 N–H and O–H groups in total. The average Bonchev–Trinajstić information content (AvgIpc) is 3.03. The van der Waals surface area contributed by atoms with Crippen LogP contribution >= 0.6 is 11.3 Å². The molecule has 20 heavy (non-hydrogen) atoms. The Morgan fingerprint density at radius 3 is 3.00 bits per heavy atom. The summed E-state index contributed by atoms with van der Waals surface area (Å²) in [5.41, 5.74) is 2.56. The van der Waals surface area contributed by atoms with Crippen LogP contribution in [0.25, 0.3) is 0 Å². The first-order valence-corrected chi connectivity index (χ1v) is 8.44. The second-order valence-corrected chi connectivity index (χ2v) is 6.71. The van der Waals surface area contributed by atoms with Gasteiger partial charge in [-0.25, -0.2) is 4.98 Å². The largest absolute Gasteiger partial charge is 0.347 e. The highest BCUT2D eigenvalue weighted by Gasteiger charge is 2.32. The standard InChI is InChI=1S/C16H23N3S/c1-3-7-17-16(13-4-5-13)14-6-8-19(9-14)10-15-18-12(2)11-20-15/h6,8-9,11,13,16-17H,3-5,7,10H2,1-2H3. The Morgan fingerprint density at radius 2 is 2.35 bits per heavy atom. The zero-order chi connectivity index (χ0) is 13.9. The Labute approximate surface area is 125 Å². The molecule has 0 aromatic carbocycles. The average molecular weight is 289 g/mol. The summed E-state index contributed by atoms with van der Waals surface area (Å²) >= 11 is 1.75. The monoisotopic (exact) mass is 289 g/mol. The number of rotatable bonds is 7. The highest BCUT2D eigenvalue weighted by atomic mass is 32.1. The van der Waals surface area contributed by atoms with Crippen LogP contribution in [0.3, 0.4) is 0 Å². The predicted molar refractivity (Wildman–Crippen MR) is 84.1 cm³/mol. The Bertz CT molecular complexity index is 554. The Morgan fingerprint density at radius 1 is 1.50 bits per heavy atom. The topological polar surface area (TPSA) is 29.9 Å². The van der Waals surface area contributed by atoms with E-state index in [0.717, 1.165) is 24.7 Å². The summed E-state index contributed by atoms with van der Waals surface area (Å²) < 4.78 is 2.26. The molecule has 1 aliphatic carbocycles. The summed E-state index contributed by atoms with van der Waals surface area (Å²) in [6, 6.07) is 2.82. The first-order chi connectivity index (χ1) is 9.76. The minimum absolute atomic E-state index is 0.550. The van der Waals surface area contributed by atoms with Gasteiger partial charge in [0.05, 0.1) is 6.54 Å². The molecule has 0 aliphatic heterocycles. The maximum absolute atomic E-state index is 4.54. The zero-order valence-corrected chi connectivity index (χ0v) is 13.1. The lowest BCUT2D eigenvalue weighted by Crippen LogP contribution is -2.23. The van der Waals surface area contributed by atoms with Crippen LogP contribution < -0.4 is 5.32 Å². The first-order valence-electron chi connectivity index (χ1n) is 7.56. The maximum Gasteiger partial charge on any atom is 0.113 e. The summed E-state index contributed by atoms with van der Waals surface area (Å²) in [6.45, 7) is 6.29. The maximum atomic E-state index is 4.54. The van der Waals surface area contributed by atoms with E-state index in [4.69, 9.17) is 0 Å². The third kappa shape index (κ3) is 3.30. The quantitative estimate of drug-likeness (QED) is 0.841. The Kier molecular flexibility index (Phi) is 4.22. The summed E-state index contributed by atoms with van der Waals surface area (Å²) in [7, 11) is 0. The van der Waals surface area contributed by atoms with Gasteiger partial charge in [0.1, 0.15) is 5.01 Å². The van der Waals surface area contributed by atoms with Gasteiger partial charge in [-0.1, -0.05) is 6.92 Å². The predicted octanol–water partition coefficient (Wildman–Crippen LogP) is 3.75. The summed E-state index contributed by atoms with van der Waals surface area (Å²) in [6.07, 6.45) is 8.43. The van der Waals surface area contributed by atoms with Gasteiger partial charge in [0.25, 0.3) is 0 Å². The minimum Gasteiger partial charge on any atom is -0.347 e. The van der Waals surface area contributed by atoms with Crippen molar-refractivity contribution in [2.75, 3.05) is 6.54 Å². The van der Waals surface area contributed by atoms with Crippen LogP contribution in [0, 0.1) is 12.8 Å². The lowest BCUT2D eigenvalue weighted by atomic mass is 10.1. The lowest BCUT2D eigenvalue weighted by molar-refractivity contribution is 0.480. The highest BCUT2D eigenvalue weighted by molar-refractivity contribution is 7.09. The third-order valence-corrected chi connectivity index (χ3v) is 4.78. The van der Waals surface area contributed by atoms with E-state index in [1.807, 2.05) is 0 Å². The Balaban J connectivity index is 1.68. The van der Waals surface area contributed by atoms with Crippen LogP contribution in [0.5, 0.6) is 0 Å². The van der Waals surface area contributed by atoms with Crippen molar-refractivity contribution in [3.05, 3.63) is 40.1 Å². The lowest BCUT2D eigenvalue weighted by Gasteiger charge is -2.16. The van der Waals surface area contributed by atoms with Crippen molar-refractivity contribution >= 4 is 11.3 Å². The van der Waals surface area contributed by atoms with E-state index in [1.54, 1.807) is 11.3 Å². The number of nitrogens with zero attached hydrogens (tertiary/aromatic N) is 2. The van der Waals surface area contributed by atoms with E-state index in [0.29, 0.717) is 6.04 Å². The van der Waals surface area contributed by atoms with Crippen molar-refractivity contribution in [3.63, 3.8) is 0 Å². The molecular weight excluding hydrogens is 266 g/mol. The molecule has 1 aliphatic rings. The molecule has 3 rings (SSSR count). The Hall–Kier alpha value is -1.13. The van der Waals surface area contributed by atoms with Gasteiger partial charge in [-0.2, -0.15) is 0 Å². The van der Waals surface area contributed by atoms with E-state index in [2.05, 4.69) is 52.6 Å². The zero-order valence-electron chi connectivity index (χ0n) is 12.3. The molecule has 3 nitrogen and oxygen atoms in total. The minimum atomic E-state index is 0.550. The molecule has 0 spiro atoms. The van der Waals surface area contributed by atoms with Crippen LogP contribution in [0.2, 0.25) is 0 Å². The van der Waals surface area contributed by atoms with Crippen LogP contribution in [-0.4, -0.2) is 16.1 Å². The fourth-order valence-corrected chi connectivity index (χ4v) is 3.44. The summed E-state index contributed by atoms with van der Waals surface area (Å²) in [5.74, 6) is 0.847. The van der Waals surface area contributed by atoms with Crippen molar-refractivity contribution in [2.45, 2.75) is 45.7 Å². The van der Waals surface area contributed by atoms with Gasteiger partial charge in [-0.15, -0.1) is 11.3 Å². The van der Waals surface area contributed by atoms with Crippen molar-refractivity contribution in [3.8, 4) is 0 Å². The molecule has 0 radical (unpaired) electrons. The summed E-state index contributed by atoms with van der Waals surface area (Å²) in [5, 5.41) is 7.01. The normalized spacial score (nSPS) is 16.5. The third-order valence-electron chi connectivity index (χ3n) is 3.82. The fourth-order valence-electron chi connectivity index (χ4n) is 2.66. The molecule has 0 amide bonds. The number of thiazole rings is 1. The molecule has 1 unspecified atom stereocenters. The van der Waals surface area contributed by atoms with Gasteiger partial charge in [0, 0.05) is 29.5 Å². The fraction of sp³-hybridized carbons (Fsp3) is 0.562. The molecule has 4 heteroatoms. The second-order valence-electron chi connectivity index (χ2n) is 5.77. The van der Waals surface area contributed by atoms with Crippen LogP contribution in [0.15, 0.2) is 23.8 Å². The van der Waals surface area contributed by atoms with E-state index in [9.17, 15) is 0 Å². The number of hydrogen-bond acceptors (Lipinski definition) is 3. The van der Waals surface area contributed by atoms with Gasteiger partial charge in [-0.3, -0.25) is 0 Å². The van der Waals surface area contributed by atoms with Gasteiger partial charge < -0.3 is 9.88 Å². The van der Waals surface area contributed by atoms with Crippen molar-refractivity contribution in [1.82, 2.24) is 14.9 Å². The molecule has 0 bridgehead atoms. The molecule has 2 heterocycles. The summed E-state index contributed by atoms with van der Waals surface area (Å²) in [4.78, 5) is 4.54. The van der Waals surface area contributed by atoms with Crippen LogP contribution in [-0.2, 0) is 6.54 Å². The van der Waals surface area contributed by atoms with Gasteiger partial charge >= 0.3 is 0 Å². The SMILES string of the molecule is CCCNC(c1ccn(Cc2nc(C)cs2)c1)C1CC1. The van der Waals surface area contributed by atoms with Crippen molar-refractivity contribution in [2.24, 2.45) is 5.92 Å².